The van der Waals surface area contributed by atoms with E-state index in [9.17, 15) is 13.2 Å². The molecule has 0 amide bonds. The molecule has 18 heavy (non-hydrogen) atoms. The third-order valence-electron chi connectivity index (χ3n) is 2.35. The Hall–Kier alpha value is -1.98. The summed E-state index contributed by atoms with van der Waals surface area (Å²) >= 11 is 0. The summed E-state index contributed by atoms with van der Waals surface area (Å²) in [5.41, 5.74) is 6.41. The van der Waals surface area contributed by atoms with E-state index in [-0.39, 0.29) is 11.4 Å². The molecule has 0 aliphatic rings. The van der Waals surface area contributed by atoms with Crippen LogP contribution in [0.5, 0.6) is 0 Å². The molecule has 4 N–H and O–H groups in total. The molecule has 1 aromatic rings. The van der Waals surface area contributed by atoms with E-state index in [2.05, 4.69) is 5.32 Å². The summed E-state index contributed by atoms with van der Waals surface area (Å²) in [7, 11) is 0. The molecule has 1 aromatic carbocycles. The zero-order valence-electron chi connectivity index (χ0n) is 10.0. The van der Waals surface area contributed by atoms with Crippen LogP contribution in [0.15, 0.2) is 35.7 Å². The molecule has 0 saturated heterocycles. The molecular formula is C12H14F3N3. The lowest BCUT2D eigenvalue weighted by atomic mass is 10.2. The van der Waals surface area contributed by atoms with Crippen LogP contribution in [0.1, 0.15) is 19.4 Å². The zero-order valence-corrected chi connectivity index (χ0v) is 10.0. The van der Waals surface area contributed by atoms with Gasteiger partial charge in [0, 0.05) is 11.4 Å². The summed E-state index contributed by atoms with van der Waals surface area (Å²) in [4.78, 5) is 0. The molecule has 98 valence electrons. The van der Waals surface area contributed by atoms with Gasteiger partial charge in [0.25, 0.3) is 0 Å². The number of hydrogen-bond acceptors (Lipinski definition) is 3. The van der Waals surface area contributed by atoms with Crippen molar-refractivity contribution in [3.8, 4) is 0 Å². The van der Waals surface area contributed by atoms with Gasteiger partial charge in [-0.3, -0.25) is 0 Å². The Morgan fingerprint density at radius 2 is 1.67 bits per heavy atom. The Kier molecular flexibility index (Phi) is 4.00. The van der Waals surface area contributed by atoms with Crippen LogP contribution in [0.3, 0.4) is 0 Å². The maximum atomic E-state index is 12.3. The minimum absolute atomic E-state index is 0.201. The lowest BCUT2D eigenvalue weighted by Gasteiger charge is -2.11. The largest absolute Gasteiger partial charge is 0.416 e. The van der Waals surface area contributed by atoms with Gasteiger partial charge < -0.3 is 16.5 Å². The summed E-state index contributed by atoms with van der Waals surface area (Å²) in [6.07, 6.45) is -4.34. The third kappa shape index (κ3) is 3.51. The lowest BCUT2D eigenvalue weighted by molar-refractivity contribution is -0.137. The molecule has 3 nitrogen and oxygen atoms in total. The molecule has 0 atom stereocenters. The van der Waals surface area contributed by atoms with Gasteiger partial charge >= 0.3 is 6.18 Å². The monoisotopic (exact) mass is 257 g/mol. The van der Waals surface area contributed by atoms with Crippen LogP contribution in [0.4, 0.5) is 18.9 Å². The fourth-order valence-electron chi connectivity index (χ4n) is 1.31. The Bertz CT molecular complexity index is 472. The summed E-state index contributed by atoms with van der Waals surface area (Å²) in [5.74, 6) is 0. The highest BCUT2D eigenvalue weighted by Gasteiger charge is 2.29. The molecule has 0 unspecified atom stereocenters. The molecule has 6 heteroatoms. The first kappa shape index (κ1) is 14.1. The Balaban J connectivity index is 2.89. The van der Waals surface area contributed by atoms with Crippen molar-refractivity contribution >= 4 is 11.4 Å². The summed E-state index contributed by atoms with van der Waals surface area (Å²) in [6.45, 7) is 3.19. The van der Waals surface area contributed by atoms with Gasteiger partial charge in [0.05, 0.1) is 17.0 Å². The van der Waals surface area contributed by atoms with Gasteiger partial charge in [-0.2, -0.15) is 13.2 Å². The fourth-order valence-corrected chi connectivity index (χ4v) is 1.31. The van der Waals surface area contributed by atoms with E-state index < -0.39 is 11.7 Å². The predicted molar refractivity (Wildman–Crippen MR) is 65.4 cm³/mol. The first-order valence-corrected chi connectivity index (χ1v) is 5.18. The van der Waals surface area contributed by atoms with Crippen molar-refractivity contribution in [3.63, 3.8) is 0 Å². The van der Waals surface area contributed by atoms with E-state index in [4.69, 9.17) is 11.1 Å². The van der Waals surface area contributed by atoms with Gasteiger partial charge in [-0.1, -0.05) is 0 Å². The first-order chi connectivity index (χ1) is 8.21. The van der Waals surface area contributed by atoms with Crippen molar-refractivity contribution in [1.29, 1.82) is 5.41 Å². The molecule has 0 heterocycles. The molecule has 0 radical (unpaired) electrons. The van der Waals surface area contributed by atoms with Gasteiger partial charge in [-0.15, -0.1) is 0 Å². The minimum atomic E-state index is -4.34. The molecule has 1 rings (SSSR count). The van der Waals surface area contributed by atoms with Crippen molar-refractivity contribution in [1.82, 2.24) is 0 Å². The van der Waals surface area contributed by atoms with E-state index in [0.29, 0.717) is 11.4 Å². The van der Waals surface area contributed by atoms with Gasteiger partial charge in [-0.05, 0) is 38.1 Å². The quantitative estimate of drug-likeness (QED) is 0.727. The van der Waals surface area contributed by atoms with Crippen LogP contribution >= 0.6 is 0 Å². The maximum Gasteiger partial charge on any atom is 0.416 e. The fraction of sp³-hybridized carbons (Fsp3) is 0.250. The van der Waals surface area contributed by atoms with E-state index in [1.807, 2.05) is 0 Å². The second-order valence-corrected chi connectivity index (χ2v) is 3.86. The molecule has 0 fully saturated rings. The van der Waals surface area contributed by atoms with E-state index >= 15 is 0 Å². The smallest absolute Gasteiger partial charge is 0.396 e. The number of nitrogens with two attached hydrogens (primary N) is 1. The topological polar surface area (TPSA) is 61.9 Å². The number of allylic oxidation sites excluding steroid dienone is 2. The van der Waals surface area contributed by atoms with Gasteiger partial charge in [0.15, 0.2) is 0 Å². The highest BCUT2D eigenvalue weighted by atomic mass is 19.4. The summed E-state index contributed by atoms with van der Waals surface area (Å²) in [6, 6.07) is 4.61. The standard InChI is InChI=1S/C12H14F3N3/c1-7(16)11(17)8(2)18-10-5-3-9(4-6-10)12(13,14)15/h3-6,16,18H,17H2,1-2H3/b11-8+,16-7?. The van der Waals surface area contributed by atoms with Crippen molar-refractivity contribution in [3.05, 3.63) is 41.2 Å². The first-order valence-electron chi connectivity index (χ1n) is 5.18. The maximum absolute atomic E-state index is 12.3. The number of halogens is 3. The molecule has 0 spiro atoms. The number of nitrogens with one attached hydrogen (secondary N) is 2. The molecular weight excluding hydrogens is 243 g/mol. The third-order valence-corrected chi connectivity index (χ3v) is 2.35. The Morgan fingerprint density at radius 1 is 1.17 bits per heavy atom. The molecule has 0 aliphatic carbocycles. The second-order valence-electron chi connectivity index (χ2n) is 3.86. The Labute approximate surface area is 103 Å². The van der Waals surface area contributed by atoms with Crippen LogP contribution in [0, 0.1) is 5.41 Å². The molecule has 0 aromatic heterocycles. The second kappa shape index (κ2) is 5.12. The van der Waals surface area contributed by atoms with Crippen molar-refractivity contribution in [2.45, 2.75) is 20.0 Å². The number of hydrogen-bond donors (Lipinski definition) is 3. The highest BCUT2D eigenvalue weighted by molar-refractivity contribution is 5.95. The van der Waals surface area contributed by atoms with Crippen LogP contribution < -0.4 is 11.1 Å². The molecule has 0 bridgehead atoms. The van der Waals surface area contributed by atoms with Crippen LogP contribution in [0.2, 0.25) is 0 Å². The lowest BCUT2D eigenvalue weighted by Crippen LogP contribution is -2.13. The summed E-state index contributed by atoms with van der Waals surface area (Å²) < 4.78 is 37.0. The number of anilines is 1. The zero-order chi connectivity index (χ0) is 13.9. The number of rotatable bonds is 3. The highest BCUT2D eigenvalue weighted by Crippen LogP contribution is 2.29. The van der Waals surface area contributed by atoms with Crippen molar-refractivity contribution in [2.75, 3.05) is 5.32 Å². The van der Waals surface area contributed by atoms with Crippen LogP contribution in [-0.4, -0.2) is 5.71 Å². The van der Waals surface area contributed by atoms with Crippen LogP contribution in [0.25, 0.3) is 0 Å². The van der Waals surface area contributed by atoms with E-state index in [0.717, 1.165) is 12.1 Å². The predicted octanol–water partition coefficient (Wildman–Crippen LogP) is 3.35. The SMILES string of the molecule is CC(=N)/C(N)=C(/C)Nc1ccc(C(F)(F)F)cc1. The van der Waals surface area contributed by atoms with E-state index in [1.165, 1.54) is 19.1 Å². The van der Waals surface area contributed by atoms with E-state index in [1.54, 1.807) is 6.92 Å². The summed E-state index contributed by atoms with van der Waals surface area (Å²) in [5, 5.41) is 10.2. The molecule has 0 aliphatic heterocycles. The van der Waals surface area contributed by atoms with Gasteiger partial charge in [0.2, 0.25) is 0 Å². The molecule has 0 saturated carbocycles. The van der Waals surface area contributed by atoms with Crippen molar-refractivity contribution in [2.24, 2.45) is 5.73 Å². The minimum Gasteiger partial charge on any atom is -0.396 e. The number of alkyl halides is 3. The number of benzene rings is 1. The average molecular weight is 257 g/mol. The average Bonchev–Trinajstić information content (AvgIpc) is 2.27. The normalized spacial score (nSPS) is 12.9. The van der Waals surface area contributed by atoms with Gasteiger partial charge in [0.1, 0.15) is 0 Å². The Morgan fingerprint density at radius 3 is 2.06 bits per heavy atom. The van der Waals surface area contributed by atoms with Crippen molar-refractivity contribution < 1.29 is 13.2 Å². The van der Waals surface area contributed by atoms with Gasteiger partial charge in [-0.25, -0.2) is 0 Å². The van der Waals surface area contributed by atoms with Crippen LogP contribution in [-0.2, 0) is 6.18 Å².